The summed E-state index contributed by atoms with van der Waals surface area (Å²) >= 11 is 0. The molecule has 1 fully saturated rings. The maximum atomic E-state index is 13.6. The van der Waals surface area contributed by atoms with Crippen LogP contribution in [0.15, 0.2) is 36.4 Å². The van der Waals surface area contributed by atoms with Crippen LogP contribution >= 0.6 is 0 Å². The van der Waals surface area contributed by atoms with Gasteiger partial charge < -0.3 is 14.5 Å². The van der Waals surface area contributed by atoms with Gasteiger partial charge in [0.2, 0.25) is 0 Å². The van der Waals surface area contributed by atoms with Gasteiger partial charge in [0.1, 0.15) is 0 Å². The number of hydrogen-bond donors (Lipinski definition) is 0. The number of fused-ring (bicyclic) bond motifs is 1. The molecule has 1 amide bonds. The van der Waals surface area contributed by atoms with Crippen molar-refractivity contribution in [1.29, 1.82) is 0 Å². The number of benzene rings is 2. The van der Waals surface area contributed by atoms with Crippen molar-refractivity contribution in [2.45, 2.75) is 58.0 Å². The molecule has 4 nitrogen and oxygen atoms in total. The van der Waals surface area contributed by atoms with Gasteiger partial charge in [-0.25, -0.2) is 0 Å². The molecule has 0 bridgehead atoms. The minimum Gasteiger partial charge on any atom is -0.381 e. The molecule has 2 aromatic carbocycles. The summed E-state index contributed by atoms with van der Waals surface area (Å²) in [5.74, 6) is 1.08. The molecule has 31 heavy (non-hydrogen) atoms. The number of ether oxygens (including phenoxy) is 1. The van der Waals surface area contributed by atoms with Gasteiger partial charge in [-0.15, -0.1) is 0 Å². The van der Waals surface area contributed by atoms with Gasteiger partial charge in [0, 0.05) is 31.2 Å². The number of carbonyl (C=O) groups is 1. The van der Waals surface area contributed by atoms with Crippen LogP contribution in [-0.4, -0.2) is 49.6 Å². The normalized spacial score (nSPS) is 19.9. The summed E-state index contributed by atoms with van der Waals surface area (Å²) in [7, 11) is 4.18. The quantitative estimate of drug-likeness (QED) is 0.649. The molecule has 1 saturated heterocycles. The Hall–Kier alpha value is -2.17. The topological polar surface area (TPSA) is 32.8 Å². The molecule has 2 atom stereocenters. The average Bonchev–Trinajstić information content (AvgIpc) is 3.28. The van der Waals surface area contributed by atoms with E-state index < -0.39 is 0 Å². The van der Waals surface area contributed by atoms with Gasteiger partial charge in [-0.3, -0.25) is 4.79 Å². The Morgan fingerprint density at radius 1 is 1.10 bits per heavy atom. The van der Waals surface area contributed by atoms with Crippen LogP contribution in [0.5, 0.6) is 0 Å². The van der Waals surface area contributed by atoms with Crippen molar-refractivity contribution < 1.29 is 9.53 Å². The zero-order valence-electron chi connectivity index (χ0n) is 19.6. The summed E-state index contributed by atoms with van der Waals surface area (Å²) in [5, 5.41) is 0. The lowest BCUT2D eigenvalue weighted by molar-refractivity contribution is 0.0672. The first-order valence-electron chi connectivity index (χ1n) is 11.6. The van der Waals surface area contributed by atoms with Crippen LogP contribution in [0, 0.1) is 0 Å². The van der Waals surface area contributed by atoms with Crippen LogP contribution in [0.3, 0.4) is 0 Å². The second-order valence-electron chi connectivity index (χ2n) is 9.75. The van der Waals surface area contributed by atoms with E-state index in [2.05, 4.69) is 81.1 Å². The molecule has 2 unspecified atom stereocenters. The average molecular weight is 421 g/mol. The maximum absolute atomic E-state index is 13.6. The lowest BCUT2D eigenvalue weighted by atomic mass is 9.87. The van der Waals surface area contributed by atoms with Crippen molar-refractivity contribution >= 4 is 5.91 Å². The molecule has 4 rings (SSSR count). The summed E-state index contributed by atoms with van der Waals surface area (Å²) in [6.45, 7) is 9.88. The molecule has 0 aliphatic carbocycles. The molecule has 0 aromatic heterocycles. The Morgan fingerprint density at radius 3 is 2.45 bits per heavy atom. The van der Waals surface area contributed by atoms with Crippen molar-refractivity contribution in [2.75, 3.05) is 33.9 Å². The van der Waals surface area contributed by atoms with Gasteiger partial charge in [0.15, 0.2) is 0 Å². The summed E-state index contributed by atoms with van der Waals surface area (Å²) in [5.41, 5.74) is 7.24. The standard InChI is InChI=1S/C27H36N2O2/c1-18(2)23-14-24(16-28(4)5)25-10-12-29(27(30)26(25)15-23)19(3)20-6-8-21(9-7-20)22-11-13-31-17-22/h6-9,14-15,18-19,22H,10-13,16-17H2,1-5H3. The number of rotatable bonds is 6. The predicted molar refractivity (Wildman–Crippen MR) is 126 cm³/mol. The van der Waals surface area contributed by atoms with Gasteiger partial charge in [-0.05, 0) is 73.7 Å². The third-order valence-corrected chi connectivity index (χ3v) is 6.90. The molecule has 4 heteroatoms. The van der Waals surface area contributed by atoms with E-state index in [0.29, 0.717) is 11.8 Å². The van der Waals surface area contributed by atoms with E-state index in [1.54, 1.807) is 0 Å². The largest absolute Gasteiger partial charge is 0.381 e. The monoisotopic (exact) mass is 420 g/mol. The van der Waals surface area contributed by atoms with Crippen LogP contribution < -0.4 is 0 Å². The highest BCUT2D eigenvalue weighted by Gasteiger charge is 2.31. The van der Waals surface area contributed by atoms with Crippen molar-refractivity contribution in [2.24, 2.45) is 0 Å². The van der Waals surface area contributed by atoms with E-state index in [0.717, 1.165) is 44.7 Å². The second kappa shape index (κ2) is 9.13. The summed E-state index contributed by atoms with van der Waals surface area (Å²) in [6, 6.07) is 13.4. The van der Waals surface area contributed by atoms with Crippen LogP contribution in [-0.2, 0) is 17.7 Å². The summed E-state index contributed by atoms with van der Waals surface area (Å²) < 4.78 is 5.54. The Labute approximate surface area is 187 Å². The minimum absolute atomic E-state index is 0.0644. The molecular weight excluding hydrogens is 384 g/mol. The highest BCUT2D eigenvalue weighted by Crippen LogP contribution is 2.33. The molecule has 0 N–H and O–H groups in total. The van der Waals surface area contributed by atoms with Gasteiger partial charge in [0.05, 0.1) is 12.6 Å². The zero-order valence-corrected chi connectivity index (χ0v) is 19.6. The van der Waals surface area contributed by atoms with Gasteiger partial charge in [-0.1, -0.05) is 44.2 Å². The summed E-state index contributed by atoms with van der Waals surface area (Å²) in [4.78, 5) is 17.9. The molecule has 0 spiro atoms. The first-order chi connectivity index (χ1) is 14.8. The molecule has 0 saturated carbocycles. The Kier molecular flexibility index (Phi) is 6.49. The fourth-order valence-electron chi connectivity index (χ4n) is 4.94. The van der Waals surface area contributed by atoms with Crippen LogP contribution in [0.1, 0.15) is 83.2 Å². The third-order valence-electron chi connectivity index (χ3n) is 6.90. The van der Waals surface area contributed by atoms with Gasteiger partial charge in [0.25, 0.3) is 5.91 Å². The number of amides is 1. The van der Waals surface area contributed by atoms with E-state index in [1.165, 1.54) is 27.8 Å². The van der Waals surface area contributed by atoms with Gasteiger partial charge >= 0.3 is 0 Å². The predicted octanol–water partition coefficient (Wildman–Crippen LogP) is 5.14. The molecular formula is C27H36N2O2. The fraction of sp³-hybridized carbons (Fsp3) is 0.519. The van der Waals surface area contributed by atoms with Crippen molar-refractivity contribution in [3.05, 3.63) is 69.8 Å². The van der Waals surface area contributed by atoms with E-state index in [9.17, 15) is 4.79 Å². The second-order valence-corrected chi connectivity index (χ2v) is 9.75. The number of carbonyl (C=O) groups excluding carboxylic acids is 1. The number of hydrogen-bond acceptors (Lipinski definition) is 3. The third kappa shape index (κ3) is 4.56. The Balaban J connectivity index is 1.60. The highest BCUT2D eigenvalue weighted by atomic mass is 16.5. The van der Waals surface area contributed by atoms with E-state index in [1.807, 2.05) is 0 Å². The van der Waals surface area contributed by atoms with Crippen molar-refractivity contribution in [3.8, 4) is 0 Å². The van der Waals surface area contributed by atoms with Gasteiger partial charge in [-0.2, -0.15) is 0 Å². The van der Waals surface area contributed by atoms with Crippen LogP contribution in [0.2, 0.25) is 0 Å². The minimum atomic E-state index is 0.0644. The first kappa shape index (κ1) is 22.0. The SMILES string of the molecule is CC(C)c1cc(CN(C)C)c2c(c1)C(=O)N(C(C)c1ccc(C3CCOC3)cc1)CC2. The van der Waals surface area contributed by atoms with Crippen LogP contribution in [0.4, 0.5) is 0 Å². The van der Waals surface area contributed by atoms with E-state index in [4.69, 9.17) is 4.74 Å². The zero-order chi connectivity index (χ0) is 22.1. The number of nitrogens with zero attached hydrogens (tertiary/aromatic N) is 2. The molecule has 166 valence electrons. The lowest BCUT2D eigenvalue weighted by Crippen LogP contribution is -2.40. The molecule has 2 heterocycles. The lowest BCUT2D eigenvalue weighted by Gasteiger charge is -2.35. The maximum Gasteiger partial charge on any atom is 0.254 e. The van der Waals surface area contributed by atoms with Crippen molar-refractivity contribution in [1.82, 2.24) is 9.80 Å². The molecule has 2 aliphatic rings. The molecule has 2 aliphatic heterocycles. The van der Waals surface area contributed by atoms with E-state index in [-0.39, 0.29) is 11.9 Å². The van der Waals surface area contributed by atoms with Crippen molar-refractivity contribution in [3.63, 3.8) is 0 Å². The highest BCUT2D eigenvalue weighted by molar-refractivity contribution is 5.97. The summed E-state index contributed by atoms with van der Waals surface area (Å²) in [6.07, 6.45) is 2.02. The molecule has 2 aromatic rings. The fourth-order valence-corrected chi connectivity index (χ4v) is 4.94. The Bertz CT molecular complexity index is 927. The smallest absolute Gasteiger partial charge is 0.254 e. The first-order valence-corrected chi connectivity index (χ1v) is 11.6. The van der Waals surface area contributed by atoms with E-state index >= 15 is 0 Å². The Morgan fingerprint density at radius 2 is 1.84 bits per heavy atom. The van der Waals surface area contributed by atoms with Crippen LogP contribution in [0.25, 0.3) is 0 Å². The molecule has 0 radical (unpaired) electrons.